The summed E-state index contributed by atoms with van der Waals surface area (Å²) in [5, 5.41) is 10.7. The predicted octanol–water partition coefficient (Wildman–Crippen LogP) is 0.0882. The summed E-state index contributed by atoms with van der Waals surface area (Å²) < 4.78 is 49.8. The van der Waals surface area contributed by atoms with Crippen LogP contribution in [0.25, 0.3) is 0 Å². The van der Waals surface area contributed by atoms with E-state index < -0.39 is 24.8 Å². The van der Waals surface area contributed by atoms with E-state index in [1.807, 2.05) is 4.90 Å². The molecule has 1 unspecified atom stereocenters. The largest absolute Gasteiger partial charge is 0.297 e. The van der Waals surface area contributed by atoms with Crippen molar-refractivity contribution in [3.8, 4) is 0 Å². The number of nitrogens with zero attached hydrogens (tertiary/aromatic N) is 3. The molecule has 2 heterocycles. The molecule has 0 N–H and O–H groups in total. The molecule has 0 aliphatic carbocycles. The highest BCUT2D eigenvalue weighted by Crippen LogP contribution is 2.23. The molecule has 2 fully saturated rings. The summed E-state index contributed by atoms with van der Waals surface area (Å²) in [7, 11) is -6.68. The Kier molecular flexibility index (Phi) is 4.84. The maximum Gasteiger partial charge on any atom is 0.269 e. The van der Waals surface area contributed by atoms with Crippen LogP contribution in [-0.4, -0.2) is 74.7 Å². The molecule has 2 aliphatic heterocycles. The van der Waals surface area contributed by atoms with Crippen LogP contribution < -0.4 is 0 Å². The summed E-state index contributed by atoms with van der Waals surface area (Å²) in [6, 6.07) is 4.79. The van der Waals surface area contributed by atoms with Crippen molar-refractivity contribution in [2.45, 2.75) is 17.4 Å². The Hall–Kier alpha value is -1.56. The summed E-state index contributed by atoms with van der Waals surface area (Å²) in [4.78, 5) is 12.1. The number of nitro benzene ring substituents is 1. The summed E-state index contributed by atoms with van der Waals surface area (Å²) in [6.45, 7) is 1.50. The van der Waals surface area contributed by atoms with Crippen LogP contribution in [0.5, 0.6) is 0 Å². The van der Waals surface area contributed by atoms with E-state index in [9.17, 15) is 26.9 Å². The van der Waals surface area contributed by atoms with E-state index in [0.29, 0.717) is 19.5 Å². The van der Waals surface area contributed by atoms with Gasteiger partial charge in [0, 0.05) is 44.4 Å². The third-order valence-corrected chi connectivity index (χ3v) is 8.35. The molecule has 2 aliphatic rings. The summed E-state index contributed by atoms with van der Waals surface area (Å²) in [5.41, 5.74) is -0.161. The van der Waals surface area contributed by atoms with Crippen LogP contribution >= 0.6 is 0 Å². The van der Waals surface area contributed by atoms with E-state index in [1.165, 1.54) is 28.6 Å². The molecule has 25 heavy (non-hydrogen) atoms. The van der Waals surface area contributed by atoms with Crippen LogP contribution in [0.3, 0.4) is 0 Å². The minimum absolute atomic E-state index is 0.0231. The van der Waals surface area contributed by atoms with Gasteiger partial charge in [-0.25, -0.2) is 16.8 Å². The molecule has 1 aromatic carbocycles. The molecule has 0 bridgehead atoms. The standard InChI is InChI=1S/C14H19N3O6S2/c18-17(19)12-1-3-14(4-2-12)25(22,23)16-8-6-15(7-9-16)13-5-10-24(20,21)11-13/h1-4,13H,5-11H2. The fourth-order valence-electron chi connectivity index (χ4n) is 3.26. The maximum absolute atomic E-state index is 12.6. The average Bonchev–Trinajstić information content (AvgIpc) is 2.95. The summed E-state index contributed by atoms with van der Waals surface area (Å²) in [5.74, 6) is 0.334. The van der Waals surface area contributed by atoms with Gasteiger partial charge in [0.05, 0.1) is 21.3 Å². The monoisotopic (exact) mass is 389 g/mol. The molecule has 0 spiro atoms. The zero-order valence-electron chi connectivity index (χ0n) is 13.4. The van der Waals surface area contributed by atoms with Crippen LogP contribution in [0, 0.1) is 10.1 Å². The number of nitro groups is 1. The van der Waals surface area contributed by atoms with Crippen LogP contribution in [-0.2, 0) is 19.9 Å². The number of piperazine rings is 1. The first-order valence-electron chi connectivity index (χ1n) is 7.88. The second-order valence-corrected chi connectivity index (χ2v) is 10.4. The van der Waals surface area contributed by atoms with Gasteiger partial charge in [-0.2, -0.15) is 4.31 Å². The van der Waals surface area contributed by atoms with Gasteiger partial charge in [0.25, 0.3) is 5.69 Å². The molecule has 138 valence electrons. The highest BCUT2D eigenvalue weighted by atomic mass is 32.2. The Labute approximate surface area is 146 Å². The summed E-state index contributed by atoms with van der Waals surface area (Å²) in [6.07, 6.45) is 0.595. The first-order valence-corrected chi connectivity index (χ1v) is 11.1. The highest BCUT2D eigenvalue weighted by Gasteiger charge is 2.36. The smallest absolute Gasteiger partial charge is 0.269 e. The van der Waals surface area contributed by atoms with Gasteiger partial charge < -0.3 is 0 Å². The minimum atomic E-state index is -3.71. The van der Waals surface area contributed by atoms with Crippen LogP contribution in [0.4, 0.5) is 5.69 Å². The van der Waals surface area contributed by atoms with Gasteiger partial charge in [0.15, 0.2) is 9.84 Å². The van der Waals surface area contributed by atoms with Crippen LogP contribution in [0.1, 0.15) is 6.42 Å². The van der Waals surface area contributed by atoms with Gasteiger partial charge in [-0.05, 0) is 18.6 Å². The molecule has 0 aromatic heterocycles. The van der Waals surface area contributed by atoms with Crippen molar-refractivity contribution in [1.29, 1.82) is 0 Å². The molecule has 1 aromatic rings. The van der Waals surface area contributed by atoms with Crippen molar-refractivity contribution in [2.24, 2.45) is 0 Å². The SMILES string of the molecule is O=[N+]([O-])c1ccc(S(=O)(=O)N2CCN(C3CCS(=O)(=O)C3)CC2)cc1. The fourth-order valence-corrected chi connectivity index (χ4v) is 6.45. The van der Waals surface area contributed by atoms with E-state index in [2.05, 4.69) is 0 Å². The van der Waals surface area contributed by atoms with E-state index in [1.54, 1.807) is 0 Å². The van der Waals surface area contributed by atoms with E-state index in [4.69, 9.17) is 0 Å². The molecule has 3 rings (SSSR count). The van der Waals surface area contributed by atoms with Crippen molar-refractivity contribution in [2.75, 3.05) is 37.7 Å². The van der Waals surface area contributed by atoms with Gasteiger partial charge >= 0.3 is 0 Å². The number of hydrogen-bond acceptors (Lipinski definition) is 7. The van der Waals surface area contributed by atoms with E-state index in [0.717, 1.165) is 0 Å². The van der Waals surface area contributed by atoms with Crippen LogP contribution in [0.15, 0.2) is 29.2 Å². The number of non-ortho nitro benzene ring substituents is 1. The second-order valence-electron chi connectivity index (χ2n) is 6.25. The number of rotatable bonds is 4. The Morgan fingerprint density at radius 3 is 2.16 bits per heavy atom. The molecule has 0 radical (unpaired) electrons. The lowest BCUT2D eigenvalue weighted by Gasteiger charge is -2.36. The Balaban J connectivity index is 1.66. The zero-order valence-corrected chi connectivity index (χ0v) is 15.1. The van der Waals surface area contributed by atoms with Gasteiger partial charge in [-0.3, -0.25) is 15.0 Å². The highest BCUT2D eigenvalue weighted by molar-refractivity contribution is 7.91. The first kappa shape index (κ1) is 18.2. The molecule has 9 nitrogen and oxygen atoms in total. The first-order chi connectivity index (χ1) is 11.7. The van der Waals surface area contributed by atoms with E-state index >= 15 is 0 Å². The molecule has 1 atom stereocenters. The lowest BCUT2D eigenvalue weighted by Crippen LogP contribution is -2.52. The molecule has 2 saturated heterocycles. The van der Waals surface area contributed by atoms with Gasteiger partial charge in [-0.15, -0.1) is 0 Å². The topological polar surface area (TPSA) is 118 Å². The van der Waals surface area contributed by atoms with Crippen molar-refractivity contribution in [3.63, 3.8) is 0 Å². The van der Waals surface area contributed by atoms with Gasteiger partial charge in [-0.1, -0.05) is 0 Å². The number of hydrogen-bond donors (Lipinski definition) is 0. The van der Waals surface area contributed by atoms with Gasteiger partial charge in [0.2, 0.25) is 10.0 Å². The molecule has 0 amide bonds. The zero-order chi connectivity index (χ0) is 18.2. The van der Waals surface area contributed by atoms with Crippen molar-refractivity contribution in [3.05, 3.63) is 34.4 Å². The Morgan fingerprint density at radius 1 is 1.08 bits per heavy atom. The minimum Gasteiger partial charge on any atom is -0.297 e. The second kappa shape index (κ2) is 6.63. The predicted molar refractivity (Wildman–Crippen MR) is 90.5 cm³/mol. The number of sulfonamides is 1. The molecular formula is C14H19N3O6S2. The fraction of sp³-hybridized carbons (Fsp3) is 0.571. The third-order valence-electron chi connectivity index (χ3n) is 4.68. The molecule has 0 saturated carbocycles. The number of benzene rings is 1. The quantitative estimate of drug-likeness (QED) is 0.529. The Bertz CT molecular complexity index is 858. The van der Waals surface area contributed by atoms with Crippen molar-refractivity contribution < 1.29 is 21.8 Å². The summed E-state index contributed by atoms with van der Waals surface area (Å²) >= 11 is 0. The lowest BCUT2D eigenvalue weighted by molar-refractivity contribution is -0.384. The normalized spacial score (nSPS) is 25.0. The third kappa shape index (κ3) is 3.84. The maximum atomic E-state index is 12.6. The number of sulfone groups is 1. The average molecular weight is 389 g/mol. The van der Waals surface area contributed by atoms with Crippen molar-refractivity contribution in [1.82, 2.24) is 9.21 Å². The van der Waals surface area contributed by atoms with Crippen molar-refractivity contribution >= 4 is 25.5 Å². The van der Waals surface area contributed by atoms with Gasteiger partial charge in [0.1, 0.15) is 0 Å². The van der Waals surface area contributed by atoms with Crippen LogP contribution in [0.2, 0.25) is 0 Å². The molecular weight excluding hydrogens is 370 g/mol. The molecule has 11 heteroatoms. The lowest BCUT2D eigenvalue weighted by atomic mass is 10.2. The Morgan fingerprint density at radius 2 is 1.68 bits per heavy atom. The van der Waals surface area contributed by atoms with E-state index in [-0.39, 0.29) is 41.2 Å².